The number of nitro groups is 1. The smallest absolute Gasteiger partial charge is 0.412 e. The zero-order valence-electron chi connectivity index (χ0n) is 10.0. The number of anilines is 1. The molecule has 0 fully saturated rings. The number of hydrogen-bond acceptors (Lipinski definition) is 5. The van der Waals surface area contributed by atoms with Crippen molar-refractivity contribution in [3.05, 3.63) is 57.5 Å². The quantitative estimate of drug-likeness (QED) is 0.687. The van der Waals surface area contributed by atoms with E-state index in [9.17, 15) is 14.9 Å². The molecule has 1 N–H and O–H groups in total. The van der Waals surface area contributed by atoms with Gasteiger partial charge in [0.1, 0.15) is 5.76 Å². The Bertz CT molecular complexity index is 627. The second-order valence-electron chi connectivity index (χ2n) is 3.70. The maximum Gasteiger partial charge on any atom is 0.412 e. The molecule has 1 amide bonds. The van der Waals surface area contributed by atoms with Crippen LogP contribution in [-0.4, -0.2) is 11.0 Å². The summed E-state index contributed by atoms with van der Waals surface area (Å²) in [6.07, 6.45) is 0.723. The van der Waals surface area contributed by atoms with Gasteiger partial charge in [0.05, 0.1) is 21.9 Å². The van der Waals surface area contributed by atoms with Crippen LogP contribution in [-0.2, 0) is 11.3 Å². The first-order valence-corrected chi connectivity index (χ1v) is 5.84. The van der Waals surface area contributed by atoms with Gasteiger partial charge >= 0.3 is 6.09 Å². The average molecular weight is 297 g/mol. The van der Waals surface area contributed by atoms with Crippen LogP contribution in [0.25, 0.3) is 0 Å². The van der Waals surface area contributed by atoms with Crippen molar-refractivity contribution in [3.8, 4) is 0 Å². The summed E-state index contributed by atoms with van der Waals surface area (Å²) in [6.45, 7) is -0.0244. The molecule has 7 nitrogen and oxygen atoms in total. The van der Waals surface area contributed by atoms with E-state index in [-0.39, 0.29) is 23.0 Å². The van der Waals surface area contributed by atoms with Crippen LogP contribution in [0.15, 0.2) is 41.0 Å². The second kappa shape index (κ2) is 6.07. The van der Waals surface area contributed by atoms with E-state index < -0.39 is 11.0 Å². The number of carbonyl (C=O) groups excluding carboxylic acids is 1. The Morgan fingerprint density at radius 2 is 2.25 bits per heavy atom. The van der Waals surface area contributed by atoms with Gasteiger partial charge in [0.25, 0.3) is 5.69 Å². The number of non-ortho nitro benzene ring substituents is 1. The van der Waals surface area contributed by atoms with E-state index in [1.54, 1.807) is 12.1 Å². The van der Waals surface area contributed by atoms with Crippen molar-refractivity contribution >= 4 is 29.1 Å². The van der Waals surface area contributed by atoms with Crippen molar-refractivity contribution in [3.63, 3.8) is 0 Å². The van der Waals surface area contributed by atoms with Gasteiger partial charge in [-0.2, -0.15) is 0 Å². The van der Waals surface area contributed by atoms with Crippen molar-refractivity contribution in [1.29, 1.82) is 0 Å². The summed E-state index contributed by atoms with van der Waals surface area (Å²) in [5.74, 6) is 0.495. The summed E-state index contributed by atoms with van der Waals surface area (Å²) in [4.78, 5) is 21.5. The van der Waals surface area contributed by atoms with Crippen LogP contribution in [0.4, 0.5) is 16.2 Å². The number of carbonyl (C=O) groups is 1. The third-order valence-electron chi connectivity index (χ3n) is 2.33. The molecule has 8 heteroatoms. The summed E-state index contributed by atoms with van der Waals surface area (Å²) < 4.78 is 9.88. The van der Waals surface area contributed by atoms with Crippen LogP contribution in [0.1, 0.15) is 5.76 Å². The number of nitrogens with one attached hydrogen (secondary N) is 1. The Hall–Kier alpha value is -2.54. The average Bonchev–Trinajstić information content (AvgIpc) is 2.91. The first-order valence-electron chi connectivity index (χ1n) is 5.46. The Morgan fingerprint density at radius 3 is 2.85 bits per heavy atom. The van der Waals surface area contributed by atoms with Gasteiger partial charge in [-0.25, -0.2) is 4.79 Å². The van der Waals surface area contributed by atoms with Crippen LogP contribution in [0, 0.1) is 10.1 Å². The first kappa shape index (κ1) is 13.9. The fraction of sp³-hybridized carbons (Fsp3) is 0.0833. The molecule has 0 atom stereocenters. The van der Waals surface area contributed by atoms with Gasteiger partial charge in [0.2, 0.25) is 0 Å². The Labute approximate surface area is 118 Å². The number of hydrogen-bond donors (Lipinski definition) is 1. The molecular formula is C12H9ClN2O5. The topological polar surface area (TPSA) is 94.6 Å². The monoisotopic (exact) mass is 296 g/mol. The fourth-order valence-electron chi connectivity index (χ4n) is 1.40. The maximum atomic E-state index is 11.5. The van der Waals surface area contributed by atoms with Gasteiger partial charge < -0.3 is 9.15 Å². The van der Waals surface area contributed by atoms with E-state index in [4.69, 9.17) is 20.8 Å². The summed E-state index contributed by atoms with van der Waals surface area (Å²) in [7, 11) is 0. The molecule has 0 aliphatic heterocycles. The van der Waals surface area contributed by atoms with Crippen molar-refractivity contribution in [2.24, 2.45) is 0 Å². The number of nitrogens with zero attached hydrogens (tertiary/aromatic N) is 1. The lowest BCUT2D eigenvalue weighted by molar-refractivity contribution is -0.384. The molecule has 0 aliphatic rings. The molecule has 2 rings (SSSR count). The predicted octanol–water partition coefficient (Wildman–Crippen LogP) is 3.59. The third kappa shape index (κ3) is 3.48. The molecule has 0 bridgehead atoms. The number of amides is 1. The van der Waals surface area contributed by atoms with E-state index in [1.807, 2.05) is 0 Å². The van der Waals surface area contributed by atoms with Crippen molar-refractivity contribution in [2.45, 2.75) is 6.61 Å². The molecule has 104 valence electrons. The molecule has 1 heterocycles. The van der Waals surface area contributed by atoms with E-state index in [0.29, 0.717) is 5.76 Å². The lowest BCUT2D eigenvalue weighted by Gasteiger charge is -2.07. The zero-order valence-corrected chi connectivity index (χ0v) is 10.8. The van der Waals surface area contributed by atoms with Gasteiger partial charge in [-0.05, 0) is 18.2 Å². The van der Waals surface area contributed by atoms with Gasteiger partial charge in [-0.15, -0.1) is 0 Å². The maximum absolute atomic E-state index is 11.5. The third-order valence-corrected chi connectivity index (χ3v) is 2.64. The molecule has 1 aromatic heterocycles. The fourth-order valence-corrected chi connectivity index (χ4v) is 1.62. The number of rotatable bonds is 4. The molecule has 0 unspecified atom stereocenters. The van der Waals surface area contributed by atoms with Crippen LogP contribution >= 0.6 is 11.6 Å². The van der Waals surface area contributed by atoms with Gasteiger partial charge in [-0.1, -0.05) is 11.6 Å². The zero-order chi connectivity index (χ0) is 14.5. The van der Waals surface area contributed by atoms with Crippen molar-refractivity contribution < 1.29 is 18.9 Å². The van der Waals surface area contributed by atoms with E-state index in [1.165, 1.54) is 18.4 Å². The van der Waals surface area contributed by atoms with Crippen LogP contribution in [0.5, 0.6) is 0 Å². The molecule has 0 saturated heterocycles. The van der Waals surface area contributed by atoms with E-state index in [0.717, 1.165) is 6.07 Å². The number of nitro benzene ring substituents is 1. The molecule has 0 saturated carbocycles. The predicted molar refractivity (Wildman–Crippen MR) is 70.6 cm³/mol. The molecule has 20 heavy (non-hydrogen) atoms. The van der Waals surface area contributed by atoms with E-state index >= 15 is 0 Å². The first-order chi connectivity index (χ1) is 9.56. The van der Waals surface area contributed by atoms with Crippen molar-refractivity contribution in [1.82, 2.24) is 0 Å². The minimum atomic E-state index is -0.739. The minimum absolute atomic E-state index is 0.0244. The Balaban J connectivity index is 1.95. The van der Waals surface area contributed by atoms with Crippen LogP contribution in [0.3, 0.4) is 0 Å². The molecule has 2 aromatic rings. The standard InChI is InChI=1S/C12H9ClN2O5/c13-10-6-8(15(17)18)3-4-11(10)14-12(16)20-7-9-2-1-5-19-9/h1-6H,7H2,(H,14,16). The minimum Gasteiger partial charge on any atom is -0.466 e. The highest BCUT2D eigenvalue weighted by atomic mass is 35.5. The summed E-state index contributed by atoms with van der Waals surface area (Å²) in [6, 6.07) is 7.03. The van der Waals surface area contributed by atoms with Crippen LogP contribution in [0.2, 0.25) is 5.02 Å². The SMILES string of the molecule is O=C(Nc1ccc([N+](=O)[O-])cc1Cl)OCc1ccco1. The Kier molecular flexibility index (Phi) is 4.21. The summed E-state index contributed by atoms with van der Waals surface area (Å²) in [5, 5.41) is 13.0. The highest BCUT2D eigenvalue weighted by Crippen LogP contribution is 2.26. The lowest BCUT2D eigenvalue weighted by Crippen LogP contribution is -2.13. The lowest BCUT2D eigenvalue weighted by atomic mass is 10.3. The Morgan fingerprint density at radius 1 is 1.45 bits per heavy atom. The summed E-state index contributed by atoms with van der Waals surface area (Å²) in [5.41, 5.74) is 0.0613. The normalized spacial score (nSPS) is 10.1. The number of halogens is 1. The number of benzene rings is 1. The number of furan rings is 1. The van der Waals surface area contributed by atoms with Crippen molar-refractivity contribution in [2.75, 3.05) is 5.32 Å². The molecular weight excluding hydrogens is 288 g/mol. The highest BCUT2D eigenvalue weighted by molar-refractivity contribution is 6.33. The molecule has 0 aliphatic carbocycles. The summed E-state index contributed by atoms with van der Waals surface area (Å²) >= 11 is 5.82. The highest BCUT2D eigenvalue weighted by Gasteiger charge is 2.12. The van der Waals surface area contributed by atoms with Gasteiger partial charge in [-0.3, -0.25) is 15.4 Å². The largest absolute Gasteiger partial charge is 0.466 e. The molecule has 0 spiro atoms. The van der Waals surface area contributed by atoms with Gasteiger partial charge in [0.15, 0.2) is 6.61 Å². The molecule has 1 aromatic carbocycles. The number of ether oxygens (including phenoxy) is 1. The second-order valence-corrected chi connectivity index (χ2v) is 4.11. The molecule has 0 radical (unpaired) electrons. The van der Waals surface area contributed by atoms with E-state index in [2.05, 4.69) is 5.32 Å². The van der Waals surface area contributed by atoms with Crippen LogP contribution < -0.4 is 5.32 Å². The van der Waals surface area contributed by atoms with Gasteiger partial charge in [0, 0.05) is 12.1 Å².